The van der Waals surface area contributed by atoms with E-state index in [1.54, 1.807) is 0 Å². The predicted octanol–water partition coefficient (Wildman–Crippen LogP) is 3.09. The minimum absolute atomic E-state index is 0.601. The van der Waals surface area contributed by atoms with Crippen molar-refractivity contribution in [3.05, 3.63) is 35.4 Å². The molecule has 2 aliphatic carbocycles. The molecule has 1 aromatic carbocycles. The fourth-order valence-corrected chi connectivity index (χ4v) is 3.51. The molecule has 2 heteroatoms. The van der Waals surface area contributed by atoms with Gasteiger partial charge in [-0.15, -0.1) is 0 Å². The topological polar surface area (TPSA) is 27.0 Å². The molecule has 1 atom stereocenters. The maximum atomic E-state index is 9.00. The van der Waals surface area contributed by atoms with Crippen LogP contribution in [-0.4, -0.2) is 24.0 Å². The van der Waals surface area contributed by atoms with Gasteiger partial charge in [-0.1, -0.05) is 37.1 Å². The molecule has 1 unspecified atom stereocenters. The van der Waals surface area contributed by atoms with E-state index in [2.05, 4.69) is 35.2 Å². The molecule has 0 radical (unpaired) electrons. The van der Waals surface area contributed by atoms with Gasteiger partial charge in [0, 0.05) is 18.5 Å². The van der Waals surface area contributed by atoms with Crippen molar-refractivity contribution in [1.82, 2.24) is 4.90 Å². The number of nitriles is 1. The lowest BCUT2D eigenvalue weighted by molar-refractivity contribution is 0.202. The summed E-state index contributed by atoms with van der Waals surface area (Å²) in [6, 6.07) is 11.8. The fraction of sp³-hybridized carbons (Fsp3) is 0.562. The van der Waals surface area contributed by atoms with Crippen molar-refractivity contribution in [2.75, 3.05) is 13.1 Å². The molecular formula is C16H20N2. The van der Waals surface area contributed by atoms with Gasteiger partial charge in [-0.2, -0.15) is 5.26 Å². The summed E-state index contributed by atoms with van der Waals surface area (Å²) < 4.78 is 0. The van der Waals surface area contributed by atoms with Crippen LogP contribution >= 0.6 is 0 Å². The van der Waals surface area contributed by atoms with Crippen molar-refractivity contribution in [3.63, 3.8) is 0 Å². The zero-order valence-electron chi connectivity index (χ0n) is 10.8. The van der Waals surface area contributed by atoms with Crippen LogP contribution in [0.15, 0.2) is 24.3 Å². The van der Waals surface area contributed by atoms with Crippen LogP contribution in [0.25, 0.3) is 0 Å². The number of hydrogen-bond donors (Lipinski definition) is 0. The van der Waals surface area contributed by atoms with E-state index in [-0.39, 0.29) is 0 Å². The van der Waals surface area contributed by atoms with Gasteiger partial charge in [-0.05, 0) is 30.4 Å². The van der Waals surface area contributed by atoms with Crippen molar-refractivity contribution in [1.29, 1.82) is 5.26 Å². The maximum Gasteiger partial charge on any atom is 0.0868 e. The van der Waals surface area contributed by atoms with Crippen LogP contribution in [0.5, 0.6) is 0 Å². The number of rotatable bonds is 4. The van der Waals surface area contributed by atoms with Gasteiger partial charge in [-0.3, -0.25) is 4.90 Å². The molecule has 0 spiro atoms. The average Bonchev–Trinajstić information content (AvgIpc) is 2.88. The van der Waals surface area contributed by atoms with Crippen LogP contribution in [0.2, 0.25) is 0 Å². The molecule has 0 amide bonds. The molecule has 0 aliphatic heterocycles. The monoisotopic (exact) mass is 240 g/mol. The van der Waals surface area contributed by atoms with Crippen LogP contribution in [0.4, 0.5) is 0 Å². The highest BCUT2D eigenvalue weighted by Crippen LogP contribution is 2.36. The number of benzene rings is 1. The Morgan fingerprint density at radius 3 is 2.72 bits per heavy atom. The average molecular weight is 240 g/mol. The van der Waals surface area contributed by atoms with Crippen LogP contribution in [0.3, 0.4) is 0 Å². The first-order valence-corrected chi connectivity index (χ1v) is 7.07. The van der Waals surface area contributed by atoms with E-state index < -0.39 is 0 Å². The first-order valence-electron chi connectivity index (χ1n) is 7.07. The van der Waals surface area contributed by atoms with Gasteiger partial charge >= 0.3 is 0 Å². The lowest BCUT2D eigenvalue weighted by atomic mass is 9.77. The summed E-state index contributed by atoms with van der Waals surface area (Å²) in [5.41, 5.74) is 3.02. The fourth-order valence-electron chi connectivity index (χ4n) is 3.51. The van der Waals surface area contributed by atoms with E-state index in [1.165, 1.54) is 43.2 Å². The second kappa shape index (κ2) is 5.12. The summed E-state index contributed by atoms with van der Waals surface area (Å²) in [5, 5.41) is 9.00. The SMILES string of the molecule is N#CCN(CC1Cc2ccccc21)C1CCCC1. The summed E-state index contributed by atoms with van der Waals surface area (Å²) >= 11 is 0. The second-order valence-corrected chi connectivity index (χ2v) is 5.63. The first-order chi connectivity index (χ1) is 8.88. The van der Waals surface area contributed by atoms with E-state index in [0.29, 0.717) is 18.5 Å². The Morgan fingerprint density at radius 1 is 1.22 bits per heavy atom. The lowest BCUT2D eigenvalue weighted by Gasteiger charge is -2.36. The summed E-state index contributed by atoms with van der Waals surface area (Å²) in [7, 11) is 0. The van der Waals surface area contributed by atoms with Gasteiger partial charge in [-0.25, -0.2) is 0 Å². The Balaban J connectivity index is 1.66. The highest BCUT2D eigenvalue weighted by Gasteiger charge is 2.30. The minimum Gasteiger partial charge on any atom is -0.287 e. The summed E-state index contributed by atoms with van der Waals surface area (Å²) in [4.78, 5) is 2.42. The van der Waals surface area contributed by atoms with Crippen LogP contribution < -0.4 is 0 Å². The van der Waals surface area contributed by atoms with E-state index in [4.69, 9.17) is 5.26 Å². The second-order valence-electron chi connectivity index (χ2n) is 5.63. The van der Waals surface area contributed by atoms with Crippen LogP contribution in [0.1, 0.15) is 42.7 Å². The van der Waals surface area contributed by atoms with Crippen molar-refractivity contribution >= 4 is 0 Å². The van der Waals surface area contributed by atoms with E-state index in [9.17, 15) is 0 Å². The molecule has 3 rings (SSSR count). The Bertz CT molecular complexity index is 454. The molecule has 0 saturated heterocycles. The van der Waals surface area contributed by atoms with Gasteiger partial charge in [0.05, 0.1) is 12.6 Å². The molecule has 1 saturated carbocycles. The normalized spacial score (nSPS) is 22.6. The molecule has 0 N–H and O–H groups in total. The Morgan fingerprint density at radius 2 is 2.00 bits per heavy atom. The summed E-state index contributed by atoms with van der Waals surface area (Å²) in [5.74, 6) is 0.662. The molecule has 2 nitrogen and oxygen atoms in total. The molecule has 0 aromatic heterocycles. The van der Waals surface area contributed by atoms with Crippen LogP contribution in [-0.2, 0) is 6.42 Å². The van der Waals surface area contributed by atoms with E-state index >= 15 is 0 Å². The predicted molar refractivity (Wildman–Crippen MR) is 72.3 cm³/mol. The highest BCUT2D eigenvalue weighted by atomic mass is 15.2. The molecule has 0 heterocycles. The van der Waals surface area contributed by atoms with Crippen molar-refractivity contribution in [3.8, 4) is 6.07 Å². The minimum atomic E-state index is 0.601. The van der Waals surface area contributed by atoms with Gasteiger partial charge in [0.1, 0.15) is 0 Å². The summed E-state index contributed by atoms with van der Waals surface area (Å²) in [6.07, 6.45) is 6.46. The number of hydrogen-bond acceptors (Lipinski definition) is 2. The molecule has 1 aromatic rings. The largest absolute Gasteiger partial charge is 0.287 e. The molecule has 1 fully saturated rings. The first kappa shape index (κ1) is 11.7. The zero-order valence-corrected chi connectivity index (χ0v) is 10.8. The van der Waals surface area contributed by atoms with E-state index in [1.807, 2.05) is 0 Å². The van der Waals surface area contributed by atoms with Crippen molar-refractivity contribution < 1.29 is 0 Å². The third-order valence-corrected chi connectivity index (χ3v) is 4.53. The number of fused-ring (bicyclic) bond motifs is 1. The number of nitrogens with zero attached hydrogens (tertiary/aromatic N) is 2. The molecular weight excluding hydrogens is 220 g/mol. The van der Waals surface area contributed by atoms with Gasteiger partial charge in [0.25, 0.3) is 0 Å². The lowest BCUT2D eigenvalue weighted by Crippen LogP contribution is -2.39. The van der Waals surface area contributed by atoms with Gasteiger partial charge in [0.2, 0.25) is 0 Å². The quantitative estimate of drug-likeness (QED) is 0.756. The molecule has 0 bridgehead atoms. The molecule has 18 heavy (non-hydrogen) atoms. The van der Waals surface area contributed by atoms with Crippen molar-refractivity contribution in [2.45, 2.75) is 44.1 Å². The standard InChI is InChI=1S/C16H20N2/c17-9-10-18(15-6-2-3-7-15)12-14-11-13-5-1-4-8-16(13)14/h1,4-5,8,14-15H,2-3,6-7,10-12H2. The summed E-state index contributed by atoms with van der Waals surface area (Å²) in [6.45, 7) is 1.68. The zero-order chi connectivity index (χ0) is 12.4. The Kier molecular flexibility index (Phi) is 3.34. The molecule has 94 valence electrons. The highest BCUT2D eigenvalue weighted by molar-refractivity contribution is 5.40. The Hall–Kier alpha value is -1.33. The maximum absolute atomic E-state index is 9.00. The van der Waals surface area contributed by atoms with Gasteiger partial charge < -0.3 is 0 Å². The van der Waals surface area contributed by atoms with Gasteiger partial charge in [0.15, 0.2) is 0 Å². The van der Waals surface area contributed by atoms with E-state index in [0.717, 1.165) is 6.54 Å². The van der Waals surface area contributed by atoms with Crippen LogP contribution in [0, 0.1) is 11.3 Å². The Labute approximate surface area is 109 Å². The third kappa shape index (κ3) is 2.15. The third-order valence-electron chi connectivity index (χ3n) is 4.53. The smallest absolute Gasteiger partial charge is 0.0868 e. The molecule has 2 aliphatic rings. The van der Waals surface area contributed by atoms with Crippen molar-refractivity contribution in [2.24, 2.45) is 0 Å².